The van der Waals surface area contributed by atoms with Crippen molar-refractivity contribution < 1.29 is 14.4 Å². The Balaban J connectivity index is 1.18. The van der Waals surface area contributed by atoms with E-state index < -0.39 is 0 Å². The number of nitrogens with zero attached hydrogens (tertiary/aromatic N) is 4. The third kappa shape index (κ3) is 2.96. The lowest BCUT2D eigenvalue weighted by atomic mass is 10.2. The summed E-state index contributed by atoms with van der Waals surface area (Å²) in [4.78, 5) is 44.4. The fourth-order valence-corrected chi connectivity index (χ4v) is 4.95. The number of hydrogen-bond donors (Lipinski definition) is 1. The summed E-state index contributed by atoms with van der Waals surface area (Å²) in [5, 5.41) is 2.81. The number of carbonyl (C=O) groups excluding carboxylic acids is 3. The van der Waals surface area contributed by atoms with Crippen LogP contribution >= 0.6 is 0 Å². The topological polar surface area (TPSA) is 76.2 Å². The van der Waals surface area contributed by atoms with Crippen molar-refractivity contribution in [3.63, 3.8) is 0 Å². The van der Waals surface area contributed by atoms with E-state index in [1.165, 1.54) is 0 Å². The van der Waals surface area contributed by atoms with Gasteiger partial charge in [0, 0.05) is 62.3 Å². The van der Waals surface area contributed by atoms with Crippen LogP contribution in [0.25, 0.3) is 0 Å². The maximum Gasteiger partial charge on any atom is 0.249 e. The zero-order valence-corrected chi connectivity index (χ0v) is 15.8. The lowest BCUT2D eigenvalue weighted by molar-refractivity contribution is -0.127. The van der Waals surface area contributed by atoms with Crippen molar-refractivity contribution in [1.82, 2.24) is 24.9 Å². The Labute approximate surface area is 164 Å². The molecular weight excluding hydrogens is 358 g/mol. The number of likely N-dealkylation sites (tertiary alicyclic amines) is 2. The van der Waals surface area contributed by atoms with Gasteiger partial charge in [0.15, 0.2) is 0 Å². The number of amides is 3. The second-order valence-electron chi connectivity index (χ2n) is 8.13. The van der Waals surface area contributed by atoms with Crippen LogP contribution in [-0.2, 0) is 14.4 Å². The standard InChI is InChI=1S/C20H25N5O3/c26-18-8-16(10-21-18)22-6-4-15(12-22)25-13-17(9-20(25)28)23-7-3-14(11-23)24-5-1-2-19(24)27/h1-2,8-9,14-15H,3-7,10-13H2,(H,21,26). The summed E-state index contributed by atoms with van der Waals surface area (Å²) in [6.07, 6.45) is 8.88. The molecule has 0 aromatic carbocycles. The normalized spacial score (nSPS) is 30.1. The van der Waals surface area contributed by atoms with Gasteiger partial charge in [0.25, 0.3) is 0 Å². The zero-order valence-electron chi connectivity index (χ0n) is 15.8. The van der Waals surface area contributed by atoms with Gasteiger partial charge in [-0.3, -0.25) is 14.4 Å². The highest BCUT2D eigenvalue weighted by Gasteiger charge is 2.38. The minimum atomic E-state index is -0.0325. The van der Waals surface area contributed by atoms with E-state index in [0.29, 0.717) is 19.6 Å². The van der Waals surface area contributed by atoms with Gasteiger partial charge in [-0.1, -0.05) is 6.08 Å². The quantitative estimate of drug-likeness (QED) is 0.693. The molecule has 5 heterocycles. The molecule has 0 spiro atoms. The molecule has 0 aliphatic carbocycles. The first-order valence-electron chi connectivity index (χ1n) is 10.0. The summed E-state index contributed by atoms with van der Waals surface area (Å²) < 4.78 is 0. The number of hydrogen-bond acceptors (Lipinski definition) is 5. The molecule has 0 aromatic rings. The van der Waals surface area contributed by atoms with Crippen molar-refractivity contribution in [2.75, 3.05) is 45.8 Å². The van der Waals surface area contributed by atoms with Gasteiger partial charge in [-0.25, -0.2) is 0 Å². The van der Waals surface area contributed by atoms with Gasteiger partial charge in [-0.2, -0.15) is 0 Å². The summed E-state index contributed by atoms with van der Waals surface area (Å²) in [5.74, 6) is 0.152. The monoisotopic (exact) mass is 383 g/mol. The average molecular weight is 383 g/mol. The molecule has 2 atom stereocenters. The summed E-state index contributed by atoms with van der Waals surface area (Å²) in [5.41, 5.74) is 2.10. The van der Waals surface area contributed by atoms with Gasteiger partial charge in [-0.15, -0.1) is 0 Å². The molecule has 0 saturated carbocycles. The molecule has 2 fully saturated rings. The molecule has 148 valence electrons. The minimum absolute atomic E-state index is 0.0325. The second-order valence-corrected chi connectivity index (χ2v) is 8.13. The third-order valence-electron chi connectivity index (χ3n) is 6.51. The first kappa shape index (κ1) is 17.3. The van der Waals surface area contributed by atoms with Crippen LogP contribution in [0.1, 0.15) is 12.8 Å². The van der Waals surface area contributed by atoms with E-state index >= 15 is 0 Å². The average Bonchev–Trinajstić information content (AvgIpc) is 3.45. The molecule has 8 heteroatoms. The summed E-state index contributed by atoms with van der Waals surface area (Å²) in [6.45, 7) is 5.28. The Hall–Kier alpha value is -2.77. The van der Waals surface area contributed by atoms with Crippen LogP contribution in [0.4, 0.5) is 0 Å². The molecular formula is C20H25N5O3. The van der Waals surface area contributed by atoms with Crippen LogP contribution in [0, 0.1) is 0 Å². The molecule has 1 N–H and O–H groups in total. The van der Waals surface area contributed by atoms with Crippen LogP contribution in [0.3, 0.4) is 0 Å². The van der Waals surface area contributed by atoms with Crippen LogP contribution in [0.5, 0.6) is 0 Å². The molecule has 5 aliphatic rings. The highest BCUT2D eigenvalue weighted by Crippen LogP contribution is 2.28. The molecule has 0 aromatic heterocycles. The largest absolute Gasteiger partial charge is 0.371 e. The van der Waals surface area contributed by atoms with Crippen molar-refractivity contribution in [2.24, 2.45) is 0 Å². The van der Waals surface area contributed by atoms with Crippen molar-refractivity contribution in [3.8, 4) is 0 Å². The number of nitrogens with one attached hydrogen (secondary N) is 1. The Morgan fingerprint density at radius 1 is 0.857 bits per heavy atom. The smallest absolute Gasteiger partial charge is 0.249 e. The van der Waals surface area contributed by atoms with E-state index in [0.717, 1.165) is 50.4 Å². The first-order chi connectivity index (χ1) is 13.6. The number of rotatable bonds is 4. The van der Waals surface area contributed by atoms with Gasteiger partial charge in [0.1, 0.15) is 0 Å². The Kier molecular flexibility index (Phi) is 4.14. The molecule has 0 bridgehead atoms. The lowest BCUT2D eigenvalue weighted by Crippen LogP contribution is -2.41. The SMILES string of the molecule is O=C1C=C(N2CCC(N3CC(N4CCC(N5CC=CC5=O)C4)=CC3=O)C2)CN1. The van der Waals surface area contributed by atoms with Gasteiger partial charge in [0.05, 0.1) is 25.2 Å². The Morgan fingerprint density at radius 3 is 2.21 bits per heavy atom. The van der Waals surface area contributed by atoms with Crippen LogP contribution in [0.15, 0.2) is 35.7 Å². The van der Waals surface area contributed by atoms with Crippen LogP contribution in [0.2, 0.25) is 0 Å². The third-order valence-corrected chi connectivity index (χ3v) is 6.51. The molecule has 0 radical (unpaired) electrons. The fourth-order valence-electron chi connectivity index (χ4n) is 4.95. The highest BCUT2D eigenvalue weighted by atomic mass is 16.2. The predicted octanol–water partition coefficient (Wildman–Crippen LogP) is -0.727. The molecule has 3 amide bonds. The Morgan fingerprint density at radius 2 is 1.57 bits per heavy atom. The van der Waals surface area contributed by atoms with Gasteiger partial charge >= 0.3 is 0 Å². The van der Waals surface area contributed by atoms with E-state index in [-0.39, 0.29) is 29.8 Å². The Bertz CT molecular complexity index is 817. The molecule has 5 aliphatic heterocycles. The number of carbonyl (C=O) groups is 3. The molecule has 2 saturated heterocycles. The van der Waals surface area contributed by atoms with Crippen molar-refractivity contribution in [1.29, 1.82) is 0 Å². The van der Waals surface area contributed by atoms with Crippen molar-refractivity contribution in [3.05, 3.63) is 35.7 Å². The lowest BCUT2D eigenvalue weighted by Gasteiger charge is -2.28. The maximum atomic E-state index is 12.6. The highest BCUT2D eigenvalue weighted by molar-refractivity contribution is 5.92. The van der Waals surface area contributed by atoms with Gasteiger partial charge < -0.3 is 24.9 Å². The van der Waals surface area contributed by atoms with E-state index in [1.54, 1.807) is 18.2 Å². The summed E-state index contributed by atoms with van der Waals surface area (Å²) in [6, 6.07) is 0.412. The fraction of sp³-hybridized carbons (Fsp3) is 0.550. The predicted molar refractivity (Wildman–Crippen MR) is 102 cm³/mol. The van der Waals surface area contributed by atoms with Crippen LogP contribution < -0.4 is 5.32 Å². The van der Waals surface area contributed by atoms with E-state index in [1.807, 2.05) is 15.9 Å². The van der Waals surface area contributed by atoms with E-state index in [9.17, 15) is 14.4 Å². The van der Waals surface area contributed by atoms with Gasteiger partial charge in [0.2, 0.25) is 17.7 Å². The second kappa shape index (κ2) is 6.68. The van der Waals surface area contributed by atoms with Crippen molar-refractivity contribution >= 4 is 17.7 Å². The first-order valence-corrected chi connectivity index (χ1v) is 10.0. The zero-order chi connectivity index (χ0) is 19.3. The minimum Gasteiger partial charge on any atom is -0.371 e. The molecule has 8 nitrogen and oxygen atoms in total. The van der Waals surface area contributed by atoms with E-state index in [4.69, 9.17) is 0 Å². The summed E-state index contributed by atoms with van der Waals surface area (Å²) in [7, 11) is 0. The van der Waals surface area contributed by atoms with Gasteiger partial charge in [-0.05, 0) is 12.8 Å². The van der Waals surface area contributed by atoms with Crippen molar-refractivity contribution in [2.45, 2.75) is 24.9 Å². The van der Waals surface area contributed by atoms with Crippen LogP contribution in [-0.4, -0.2) is 95.2 Å². The molecule has 2 unspecified atom stereocenters. The molecule has 28 heavy (non-hydrogen) atoms. The van der Waals surface area contributed by atoms with E-state index in [2.05, 4.69) is 15.1 Å². The summed E-state index contributed by atoms with van der Waals surface area (Å²) >= 11 is 0. The maximum absolute atomic E-state index is 12.6. The molecule has 5 rings (SSSR count).